The standard InChI is InChI=1S/C14H17F3N2O/c15-14(16,17)10-7-9(18)3-4-11(10)19-12-5-6-20-13(12)8-1-2-8/h3-4,7-8,12-13,19H,1-2,5-6,18H2. The number of hydrogen-bond acceptors (Lipinski definition) is 3. The fourth-order valence-corrected chi connectivity index (χ4v) is 2.78. The highest BCUT2D eigenvalue weighted by Gasteiger charge is 2.42. The normalized spacial score (nSPS) is 26.8. The average molecular weight is 286 g/mol. The van der Waals surface area contributed by atoms with Crippen molar-refractivity contribution in [3.8, 4) is 0 Å². The van der Waals surface area contributed by atoms with Crippen LogP contribution in [0.5, 0.6) is 0 Å². The fraction of sp³-hybridized carbons (Fsp3) is 0.571. The summed E-state index contributed by atoms with van der Waals surface area (Å²) < 4.78 is 44.8. The number of ether oxygens (including phenoxy) is 1. The molecule has 2 unspecified atom stereocenters. The van der Waals surface area contributed by atoms with E-state index in [0.717, 1.165) is 25.3 Å². The number of halogens is 3. The Morgan fingerprint density at radius 3 is 2.60 bits per heavy atom. The number of nitrogens with one attached hydrogen (secondary N) is 1. The number of rotatable bonds is 3. The summed E-state index contributed by atoms with van der Waals surface area (Å²) >= 11 is 0. The fourth-order valence-electron chi connectivity index (χ4n) is 2.78. The summed E-state index contributed by atoms with van der Waals surface area (Å²) in [7, 11) is 0. The lowest BCUT2D eigenvalue weighted by molar-refractivity contribution is -0.136. The molecule has 0 amide bonds. The molecule has 110 valence electrons. The van der Waals surface area contributed by atoms with Gasteiger partial charge in [-0.2, -0.15) is 13.2 Å². The Bertz CT molecular complexity index is 500. The van der Waals surface area contributed by atoms with Gasteiger partial charge in [-0.15, -0.1) is 0 Å². The number of nitrogen functional groups attached to an aromatic ring is 1. The van der Waals surface area contributed by atoms with Crippen LogP contribution in [0.3, 0.4) is 0 Å². The van der Waals surface area contributed by atoms with Gasteiger partial charge in [-0.3, -0.25) is 0 Å². The highest BCUT2D eigenvalue weighted by molar-refractivity contribution is 5.60. The summed E-state index contributed by atoms with van der Waals surface area (Å²) in [6.45, 7) is 0.606. The van der Waals surface area contributed by atoms with Crippen LogP contribution in [-0.4, -0.2) is 18.8 Å². The molecule has 1 heterocycles. The number of nitrogens with two attached hydrogens (primary N) is 1. The Morgan fingerprint density at radius 1 is 1.20 bits per heavy atom. The lowest BCUT2D eigenvalue weighted by Gasteiger charge is -2.23. The van der Waals surface area contributed by atoms with E-state index < -0.39 is 11.7 Å². The number of anilines is 2. The zero-order chi connectivity index (χ0) is 14.3. The third-order valence-electron chi connectivity index (χ3n) is 3.91. The minimum absolute atomic E-state index is 0.0358. The molecule has 1 aromatic carbocycles. The van der Waals surface area contributed by atoms with Gasteiger partial charge >= 0.3 is 6.18 Å². The van der Waals surface area contributed by atoms with Crippen LogP contribution in [0.15, 0.2) is 18.2 Å². The van der Waals surface area contributed by atoms with E-state index >= 15 is 0 Å². The number of alkyl halides is 3. The van der Waals surface area contributed by atoms with Crippen LogP contribution in [0.1, 0.15) is 24.8 Å². The smallest absolute Gasteiger partial charge is 0.399 e. The lowest BCUT2D eigenvalue weighted by Crippen LogP contribution is -2.31. The molecule has 1 saturated carbocycles. The van der Waals surface area contributed by atoms with Crippen molar-refractivity contribution in [1.29, 1.82) is 0 Å². The van der Waals surface area contributed by atoms with E-state index in [9.17, 15) is 13.2 Å². The summed E-state index contributed by atoms with van der Waals surface area (Å²) in [6, 6.07) is 3.82. The maximum Gasteiger partial charge on any atom is 0.418 e. The van der Waals surface area contributed by atoms with Gasteiger partial charge in [0.25, 0.3) is 0 Å². The minimum Gasteiger partial charge on any atom is -0.399 e. The SMILES string of the molecule is Nc1ccc(NC2CCOC2C2CC2)c(C(F)(F)F)c1. The Labute approximate surface area is 115 Å². The van der Waals surface area contributed by atoms with E-state index in [-0.39, 0.29) is 23.5 Å². The topological polar surface area (TPSA) is 47.3 Å². The molecule has 6 heteroatoms. The van der Waals surface area contributed by atoms with Gasteiger partial charge in [0, 0.05) is 18.0 Å². The maximum atomic E-state index is 13.0. The molecular weight excluding hydrogens is 269 g/mol. The molecule has 0 bridgehead atoms. The monoisotopic (exact) mass is 286 g/mol. The molecule has 0 aromatic heterocycles. The molecule has 1 saturated heterocycles. The molecule has 1 aromatic rings. The lowest BCUT2D eigenvalue weighted by atomic mass is 10.0. The number of benzene rings is 1. The molecule has 3 rings (SSSR count). The first-order chi connectivity index (χ1) is 9.45. The quantitative estimate of drug-likeness (QED) is 0.838. The largest absolute Gasteiger partial charge is 0.418 e. The Balaban J connectivity index is 1.83. The van der Waals surface area contributed by atoms with Crippen LogP contribution in [0.4, 0.5) is 24.5 Å². The van der Waals surface area contributed by atoms with Crippen molar-refractivity contribution in [2.75, 3.05) is 17.7 Å². The van der Waals surface area contributed by atoms with Crippen LogP contribution in [0.25, 0.3) is 0 Å². The predicted molar refractivity (Wildman–Crippen MR) is 70.3 cm³/mol. The second-order valence-corrected chi connectivity index (χ2v) is 5.52. The van der Waals surface area contributed by atoms with Crippen molar-refractivity contribution >= 4 is 11.4 Å². The van der Waals surface area contributed by atoms with E-state index in [1.807, 2.05) is 0 Å². The van der Waals surface area contributed by atoms with Crippen molar-refractivity contribution in [3.63, 3.8) is 0 Å². The Hall–Kier alpha value is -1.43. The summed E-state index contributed by atoms with van der Waals surface area (Å²) in [4.78, 5) is 0. The molecule has 0 radical (unpaired) electrons. The predicted octanol–water partition coefficient (Wildman–Crippen LogP) is 3.27. The molecule has 0 spiro atoms. The summed E-state index contributed by atoms with van der Waals surface area (Å²) in [5, 5.41) is 3.01. The minimum atomic E-state index is -4.41. The Morgan fingerprint density at radius 2 is 1.95 bits per heavy atom. The van der Waals surface area contributed by atoms with Gasteiger partial charge in [0.2, 0.25) is 0 Å². The van der Waals surface area contributed by atoms with Gasteiger partial charge in [0.1, 0.15) is 0 Å². The van der Waals surface area contributed by atoms with E-state index in [1.165, 1.54) is 12.1 Å². The summed E-state index contributed by atoms with van der Waals surface area (Å²) in [6.07, 6.45) is -1.42. The molecule has 2 aliphatic rings. The van der Waals surface area contributed by atoms with Gasteiger partial charge in [-0.05, 0) is 43.4 Å². The van der Waals surface area contributed by atoms with Crippen molar-refractivity contribution in [2.24, 2.45) is 5.92 Å². The Kier molecular flexibility index (Phi) is 3.28. The van der Waals surface area contributed by atoms with Crippen molar-refractivity contribution in [2.45, 2.75) is 37.6 Å². The van der Waals surface area contributed by atoms with Crippen LogP contribution in [0.2, 0.25) is 0 Å². The van der Waals surface area contributed by atoms with E-state index in [2.05, 4.69) is 5.32 Å². The first-order valence-electron chi connectivity index (χ1n) is 6.80. The summed E-state index contributed by atoms with van der Waals surface area (Å²) in [5.74, 6) is 0.498. The molecule has 3 nitrogen and oxygen atoms in total. The van der Waals surface area contributed by atoms with Gasteiger partial charge in [-0.25, -0.2) is 0 Å². The average Bonchev–Trinajstić information content (AvgIpc) is 3.11. The number of hydrogen-bond donors (Lipinski definition) is 2. The van der Waals surface area contributed by atoms with Gasteiger partial charge in [0.05, 0.1) is 17.7 Å². The van der Waals surface area contributed by atoms with Gasteiger partial charge in [-0.1, -0.05) is 0 Å². The van der Waals surface area contributed by atoms with Gasteiger partial charge in [0.15, 0.2) is 0 Å². The van der Waals surface area contributed by atoms with Gasteiger partial charge < -0.3 is 15.8 Å². The highest BCUT2D eigenvalue weighted by atomic mass is 19.4. The van der Waals surface area contributed by atoms with Crippen LogP contribution in [0, 0.1) is 5.92 Å². The van der Waals surface area contributed by atoms with Crippen LogP contribution < -0.4 is 11.1 Å². The molecular formula is C14H17F3N2O. The molecule has 2 atom stereocenters. The van der Waals surface area contributed by atoms with Crippen LogP contribution >= 0.6 is 0 Å². The first-order valence-corrected chi connectivity index (χ1v) is 6.80. The molecule has 3 N–H and O–H groups in total. The second-order valence-electron chi connectivity index (χ2n) is 5.52. The first kappa shape index (κ1) is 13.5. The maximum absolute atomic E-state index is 13.0. The molecule has 20 heavy (non-hydrogen) atoms. The summed E-state index contributed by atoms with van der Waals surface area (Å²) in [5.41, 5.74) is 4.96. The van der Waals surface area contributed by atoms with E-state index in [0.29, 0.717) is 12.5 Å². The zero-order valence-electron chi connectivity index (χ0n) is 10.9. The van der Waals surface area contributed by atoms with E-state index in [4.69, 9.17) is 10.5 Å². The molecule has 1 aliphatic heterocycles. The zero-order valence-corrected chi connectivity index (χ0v) is 10.9. The second kappa shape index (κ2) is 4.84. The molecule has 1 aliphatic carbocycles. The van der Waals surface area contributed by atoms with Crippen molar-refractivity contribution in [1.82, 2.24) is 0 Å². The third-order valence-corrected chi connectivity index (χ3v) is 3.91. The molecule has 2 fully saturated rings. The van der Waals surface area contributed by atoms with Crippen molar-refractivity contribution in [3.05, 3.63) is 23.8 Å². The van der Waals surface area contributed by atoms with Crippen molar-refractivity contribution < 1.29 is 17.9 Å². The third kappa shape index (κ3) is 2.70. The van der Waals surface area contributed by atoms with Crippen LogP contribution in [-0.2, 0) is 10.9 Å². The highest BCUT2D eigenvalue weighted by Crippen LogP contribution is 2.41. The van der Waals surface area contributed by atoms with E-state index in [1.54, 1.807) is 0 Å².